The second-order valence-electron chi connectivity index (χ2n) is 6.17. The van der Waals surface area contributed by atoms with Gasteiger partial charge < -0.3 is 24.5 Å². The van der Waals surface area contributed by atoms with Gasteiger partial charge in [0, 0.05) is 7.05 Å². The summed E-state index contributed by atoms with van der Waals surface area (Å²) in [5, 5.41) is 6.37. The summed E-state index contributed by atoms with van der Waals surface area (Å²) in [6.45, 7) is 6.71. The van der Waals surface area contributed by atoms with Crippen LogP contribution in [0.2, 0.25) is 0 Å². The molecule has 1 aromatic carbocycles. The van der Waals surface area contributed by atoms with Gasteiger partial charge in [-0.1, -0.05) is 18.2 Å². The van der Waals surface area contributed by atoms with E-state index in [1.54, 1.807) is 20.0 Å². The topological polar surface area (TPSA) is 85.1 Å². The molecule has 1 heterocycles. The van der Waals surface area contributed by atoms with Gasteiger partial charge in [-0.25, -0.2) is 4.79 Å². The van der Waals surface area contributed by atoms with E-state index in [0.29, 0.717) is 36.1 Å². The van der Waals surface area contributed by atoms with Gasteiger partial charge in [0.05, 0.1) is 20.2 Å². The first kappa shape index (κ1) is 20.4. The Kier molecular flexibility index (Phi) is 7.28. The second kappa shape index (κ2) is 9.66. The summed E-state index contributed by atoms with van der Waals surface area (Å²) in [7, 11) is 3.04. The molecule has 2 N–H and O–H groups in total. The van der Waals surface area contributed by atoms with Crippen LogP contribution in [0.25, 0.3) is 0 Å². The van der Waals surface area contributed by atoms with Crippen molar-refractivity contribution in [3.05, 3.63) is 53.0 Å². The normalized spacial score (nSPS) is 12.4. The highest BCUT2D eigenvalue weighted by molar-refractivity contribution is 5.90. The molecular weight excluding hydrogens is 346 g/mol. The zero-order chi connectivity index (χ0) is 19.8. The quantitative estimate of drug-likeness (QED) is 0.441. The number of para-hydroxylation sites is 1. The summed E-state index contributed by atoms with van der Waals surface area (Å²) in [5.74, 6) is 2.23. The van der Waals surface area contributed by atoms with E-state index in [-0.39, 0.29) is 6.10 Å². The molecule has 146 valence electrons. The molecule has 1 atom stereocenters. The number of nitrogens with one attached hydrogen (secondary N) is 2. The number of methoxy groups -OCH3 is 1. The summed E-state index contributed by atoms with van der Waals surface area (Å²) in [4.78, 5) is 15.8. The molecule has 0 saturated heterocycles. The standard InChI is InChI=1S/C20H27N3O4/c1-13-8-6-7-9-18(13)26-14(2)11-22-20(21-4)23-12-16-10-17(15(3)27-16)19(24)25-5/h6-10,14H,11-12H2,1-5H3,(H2,21,22,23). The van der Waals surface area contributed by atoms with E-state index in [2.05, 4.69) is 15.6 Å². The second-order valence-corrected chi connectivity index (χ2v) is 6.17. The number of aryl methyl sites for hydroxylation is 2. The number of aliphatic imine (C=N–C) groups is 1. The molecule has 0 fully saturated rings. The zero-order valence-corrected chi connectivity index (χ0v) is 16.5. The van der Waals surface area contributed by atoms with Crippen molar-refractivity contribution in [1.29, 1.82) is 0 Å². The van der Waals surface area contributed by atoms with Crippen molar-refractivity contribution in [2.75, 3.05) is 20.7 Å². The molecular formula is C20H27N3O4. The van der Waals surface area contributed by atoms with E-state index in [0.717, 1.165) is 11.3 Å². The smallest absolute Gasteiger partial charge is 0.341 e. The Bertz CT molecular complexity index is 798. The Morgan fingerprint density at radius 1 is 1.26 bits per heavy atom. The summed E-state index contributed by atoms with van der Waals surface area (Å²) < 4.78 is 16.3. The van der Waals surface area contributed by atoms with E-state index in [9.17, 15) is 4.79 Å². The largest absolute Gasteiger partial charge is 0.489 e. The highest BCUT2D eigenvalue weighted by Gasteiger charge is 2.15. The predicted molar refractivity (Wildman–Crippen MR) is 104 cm³/mol. The number of furan rings is 1. The van der Waals surface area contributed by atoms with Gasteiger partial charge in [0.15, 0.2) is 5.96 Å². The molecule has 0 aliphatic heterocycles. The molecule has 0 spiro atoms. The number of carbonyl (C=O) groups excluding carboxylic acids is 1. The van der Waals surface area contributed by atoms with Gasteiger partial charge in [-0.2, -0.15) is 0 Å². The van der Waals surface area contributed by atoms with Crippen molar-refractivity contribution in [1.82, 2.24) is 10.6 Å². The van der Waals surface area contributed by atoms with Crippen LogP contribution < -0.4 is 15.4 Å². The molecule has 27 heavy (non-hydrogen) atoms. The lowest BCUT2D eigenvalue weighted by Crippen LogP contribution is -2.41. The lowest BCUT2D eigenvalue weighted by molar-refractivity contribution is 0.0599. The maximum atomic E-state index is 11.6. The number of carbonyl (C=O) groups is 1. The maximum absolute atomic E-state index is 11.6. The third-order valence-corrected chi connectivity index (χ3v) is 4.01. The summed E-state index contributed by atoms with van der Waals surface area (Å²) in [6.07, 6.45) is -0.0403. The molecule has 0 radical (unpaired) electrons. The minimum absolute atomic E-state index is 0.0403. The predicted octanol–water partition coefficient (Wildman–Crippen LogP) is 2.82. The first-order valence-electron chi connectivity index (χ1n) is 8.79. The van der Waals surface area contributed by atoms with Gasteiger partial charge >= 0.3 is 5.97 Å². The Hall–Kier alpha value is -2.96. The molecule has 0 aliphatic carbocycles. The first-order valence-corrected chi connectivity index (χ1v) is 8.79. The third kappa shape index (κ3) is 5.77. The van der Waals surface area contributed by atoms with Crippen molar-refractivity contribution >= 4 is 11.9 Å². The van der Waals surface area contributed by atoms with Crippen LogP contribution in [0.1, 0.15) is 34.4 Å². The summed E-state index contributed by atoms with van der Waals surface area (Å²) in [5.41, 5.74) is 1.53. The van der Waals surface area contributed by atoms with Crippen LogP contribution in [-0.4, -0.2) is 38.7 Å². The average molecular weight is 373 g/mol. The molecule has 0 bridgehead atoms. The number of guanidine groups is 1. The Labute approximate surface area is 159 Å². The van der Waals surface area contributed by atoms with E-state index >= 15 is 0 Å². The van der Waals surface area contributed by atoms with Crippen LogP contribution in [0.4, 0.5) is 0 Å². The van der Waals surface area contributed by atoms with Crippen LogP contribution in [0, 0.1) is 13.8 Å². The van der Waals surface area contributed by atoms with Gasteiger partial charge in [-0.15, -0.1) is 0 Å². The van der Waals surface area contributed by atoms with Crippen molar-refractivity contribution in [2.24, 2.45) is 4.99 Å². The van der Waals surface area contributed by atoms with E-state index in [1.807, 2.05) is 38.1 Å². The van der Waals surface area contributed by atoms with Crippen molar-refractivity contribution in [3.63, 3.8) is 0 Å². The molecule has 0 saturated carbocycles. The van der Waals surface area contributed by atoms with Crippen molar-refractivity contribution in [3.8, 4) is 5.75 Å². The van der Waals surface area contributed by atoms with Gasteiger partial charge in [0.1, 0.15) is 28.9 Å². The molecule has 7 heteroatoms. The third-order valence-electron chi connectivity index (χ3n) is 4.01. The zero-order valence-electron chi connectivity index (χ0n) is 16.5. The molecule has 0 aliphatic rings. The van der Waals surface area contributed by atoms with Crippen LogP contribution in [0.15, 0.2) is 39.7 Å². The number of nitrogens with zero attached hydrogens (tertiary/aromatic N) is 1. The minimum atomic E-state index is -0.410. The monoisotopic (exact) mass is 373 g/mol. The SMILES string of the molecule is CN=C(NCc1cc(C(=O)OC)c(C)o1)NCC(C)Oc1ccccc1C. The van der Waals surface area contributed by atoms with Crippen LogP contribution in [-0.2, 0) is 11.3 Å². The number of rotatable bonds is 7. The molecule has 0 amide bonds. The van der Waals surface area contributed by atoms with Crippen LogP contribution in [0.3, 0.4) is 0 Å². The highest BCUT2D eigenvalue weighted by atomic mass is 16.5. The fourth-order valence-electron chi connectivity index (χ4n) is 2.52. The minimum Gasteiger partial charge on any atom is -0.489 e. The summed E-state index contributed by atoms with van der Waals surface area (Å²) >= 11 is 0. The van der Waals surface area contributed by atoms with E-state index in [1.165, 1.54) is 7.11 Å². The molecule has 1 aromatic heterocycles. The molecule has 7 nitrogen and oxygen atoms in total. The Morgan fingerprint density at radius 3 is 2.67 bits per heavy atom. The summed E-state index contributed by atoms with van der Waals surface area (Å²) in [6, 6.07) is 9.59. The highest BCUT2D eigenvalue weighted by Crippen LogP contribution is 2.17. The van der Waals surface area contributed by atoms with Gasteiger partial charge in [-0.3, -0.25) is 4.99 Å². The van der Waals surface area contributed by atoms with Gasteiger partial charge in [0.2, 0.25) is 0 Å². The van der Waals surface area contributed by atoms with E-state index < -0.39 is 5.97 Å². The fourth-order valence-corrected chi connectivity index (χ4v) is 2.52. The number of esters is 1. The van der Waals surface area contributed by atoms with Gasteiger partial charge in [-0.05, 0) is 38.5 Å². The first-order chi connectivity index (χ1) is 12.9. The number of hydrogen-bond acceptors (Lipinski definition) is 5. The number of ether oxygens (including phenoxy) is 2. The Morgan fingerprint density at radius 2 is 2.00 bits per heavy atom. The van der Waals surface area contributed by atoms with Crippen LogP contribution in [0.5, 0.6) is 5.75 Å². The van der Waals surface area contributed by atoms with Crippen LogP contribution >= 0.6 is 0 Å². The lowest BCUT2D eigenvalue weighted by Gasteiger charge is -2.18. The number of benzene rings is 1. The maximum Gasteiger partial charge on any atom is 0.341 e. The van der Waals surface area contributed by atoms with Gasteiger partial charge in [0.25, 0.3) is 0 Å². The molecule has 2 aromatic rings. The van der Waals surface area contributed by atoms with Crippen molar-refractivity contribution < 1.29 is 18.7 Å². The number of hydrogen-bond donors (Lipinski definition) is 2. The lowest BCUT2D eigenvalue weighted by atomic mass is 10.2. The average Bonchev–Trinajstić information content (AvgIpc) is 3.03. The van der Waals surface area contributed by atoms with Crippen molar-refractivity contribution in [2.45, 2.75) is 33.4 Å². The molecule has 2 rings (SSSR count). The fraction of sp³-hybridized carbons (Fsp3) is 0.400. The Balaban J connectivity index is 1.84. The molecule has 1 unspecified atom stereocenters. The van der Waals surface area contributed by atoms with E-state index in [4.69, 9.17) is 13.9 Å².